The Bertz CT molecular complexity index is 343. The molecule has 0 bridgehead atoms. The largest absolute Gasteiger partial charge is 4.00 e. The Kier molecular flexibility index (Phi) is 22.2. The molecule has 16 heteroatoms. The Hall–Kier alpha value is 1.18. The molecule has 0 heterocycles. The van der Waals surface area contributed by atoms with Crippen LogP contribution in [0.4, 0.5) is 0 Å². The minimum atomic E-state index is -5.17. The summed E-state index contributed by atoms with van der Waals surface area (Å²) in [6, 6.07) is 0. The quantitative estimate of drug-likeness (QED) is 0.198. The molecule has 0 aliphatic rings. The molecule has 96 valence electrons. The first kappa shape index (κ1) is 30.9. The summed E-state index contributed by atoms with van der Waals surface area (Å²) in [5.41, 5.74) is 0. The molecule has 0 N–H and O–H groups in total. The van der Waals surface area contributed by atoms with Crippen LogP contribution in [0.1, 0.15) is 0 Å². The van der Waals surface area contributed by atoms with Gasteiger partial charge in [0, 0.05) is 31.2 Å². The van der Waals surface area contributed by atoms with Gasteiger partial charge >= 0.3 is 56.3 Å². The number of hydrogen-bond acceptors (Lipinski definition) is 12. The fourth-order valence-electron chi connectivity index (χ4n) is 0. The van der Waals surface area contributed by atoms with Crippen molar-refractivity contribution in [3.05, 3.63) is 7.43 Å². The molecule has 0 aromatic heterocycles. The third kappa shape index (κ3) is 2840. The van der Waals surface area contributed by atoms with Crippen molar-refractivity contribution in [3.8, 4) is 0 Å². The minimum Gasteiger partial charge on any atom is -0.759 e. The van der Waals surface area contributed by atoms with Crippen LogP contribution in [0.3, 0.4) is 0 Å². The Morgan fingerprint density at radius 1 is 0.471 bits per heavy atom. The smallest absolute Gasteiger partial charge is 0.759 e. The van der Waals surface area contributed by atoms with Crippen LogP contribution < -0.4 is 0 Å². The fraction of sp³-hybridized carbons (Fsp3) is 0. The van der Waals surface area contributed by atoms with Gasteiger partial charge in [-0.1, -0.05) is 0 Å². The van der Waals surface area contributed by atoms with E-state index in [9.17, 15) is 0 Å². The summed E-state index contributed by atoms with van der Waals surface area (Å²) in [5.74, 6) is 0. The first-order chi connectivity index (χ1) is 6.00. The normalized spacial score (nSPS) is 10.2. The molecule has 0 aromatic carbocycles. The third-order valence-corrected chi connectivity index (χ3v) is 0. The maximum absolute atomic E-state index is 8.52. The Morgan fingerprint density at radius 3 is 0.471 bits per heavy atom. The van der Waals surface area contributed by atoms with Crippen LogP contribution in [0.2, 0.25) is 0 Å². The zero-order chi connectivity index (χ0) is 13.5. The molecular weight excluding hydrogens is 438 g/mol. The van der Waals surface area contributed by atoms with Gasteiger partial charge in [-0.05, 0) is 0 Å². The van der Waals surface area contributed by atoms with Crippen molar-refractivity contribution in [1.29, 1.82) is 0 Å². The van der Waals surface area contributed by atoms with Crippen LogP contribution in [-0.4, -0.2) is 101 Å². The van der Waals surface area contributed by atoms with Gasteiger partial charge in [-0.3, -0.25) is 25.3 Å². The van der Waals surface area contributed by atoms with E-state index in [2.05, 4.69) is 0 Å². The summed E-state index contributed by atoms with van der Waals surface area (Å²) in [4.78, 5) is 0. The Balaban J connectivity index is -0.0000000400. The van der Waals surface area contributed by atoms with Crippen LogP contribution in [0, 0.1) is 7.43 Å². The fourth-order valence-corrected chi connectivity index (χ4v) is 0. The molecule has 12 nitrogen and oxygen atoms in total. The average molecular weight is 438 g/mol. The molecule has 0 aliphatic carbocycles. The first-order valence-electron chi connectivity index (χ1n) is 2.00. The van der Waals surface area contributed by atoms with Gasteiger partial charge in [-0.25, -0.2) is 0 Å². The van der Waals surface area contributed by atoms with Gasteiger partial charge in [0.05, 0.1) is 0 Å². The van der Waals surface area contributed by atoms with Gasteiger partial charge in [-0.15, -0.1) is 0 Å². The van der Waals surface area contributed by atoms with Crippen LogP contribution in [0.15, 0.2) is 0 Å². The molecular formula is CBaO12S3. The second-order valence-corrected chi connectivity index (χ2v) is 3.67. The van der Waals surface area contributed by atoms with E-state index >= 15 is 0 Å². The number of hydrogen-bond donors (Lipinski definition) is 0. The van der Waals surface area contributed by atoms with Crippen molar-refractivity contribution in [2.24, 2.45) is 0 Å². The van der Waals surface area contributed by atoms with Gasteiger partial charge in [0.1, 0.15) is 0 Å². The summed E-state index contributed by atoms with van der Waals surface area (Å²) in [6.07, 6.45) is 0. The molecule has 0 saturated carbocycles. The molecule has 17 heavy (non-hydrogen) atoms. The van der Waals surface area contributed by atoms with Crippen molar-refractivity contribution in [1.82, 2.24) is 0 Å². The monoisotopic (exact) mass is 438 g/mol. The third-order valence-electron chi connectivity index (χ3n) is 0. The summed E-state index contributed by atoms with van der Waals surface area (Å²) in [7, 11) is -15.5. The Morgan fingerprint density at radius 2 is 0.471 bits per heavy atom. The summed E-state index contributed by atoms with van der Waals surface area (Å²) in [5, 5.41) is 0. The average Bonchev–Trinajstić information content (AvgIpc) is 1.41. The van der Waals surface area contributed by atoms with Gasteiger partial charge in [0.15, 0.2) is 0 Å². The minimum absolute atomic E-state index is 0. The number of rotatable bonds is 0. The van der Waals surface area contributed by atoms with E-state index in [1.54, 1.807) is 0 Å². The summed E-state index contributed by atoms with van der Waals surface area (Å²) in [6.45, 7) is 0. The van der Waals surface area contributed by atoms with Crippen LogP contribution in [0.5, 0.6) is 0 Å². The van der Waals surface area contributed by atoms with Gasteiger partial charge in [0.25, 0.3) is 0 Å². The van der Waals surface area contributed by atoms with Crippen molar-refractivity contribution >= 4 is 80.1 Å². The van der Waals surface area contributed by atoms with Crippen LogP contribution >= 0.6 is 0 Å². The maximum atomic E-state index is 8.52. The van der Waals surface area contributed by atoms with Crippen molar-refractivity contribution < 1.29 is 52.6 Å². The SMILES string of the molecule is O=S(=O)([O-])[O-].O=S(=O)([O-])[O-].O=S(=O)([O-])[O-].[Ba+2].[C+4]. The van der Waals surface area contributed by atoms with Crippen molar-refractivity contribution in [3.63, 3.8) is 0 Å². The zero-order valence-electron chi connectivity index (χ0n) is 7.33. The van der Waals surface area contributed by atoms with E-state index in [1.807, 2.05) is 0 Å². The first-order valence-corrected chi connectivity index (χ1v) is 6.00. The van der Waals surface area contributed by atoms with E-state index in [0.29, 0.717) is 0 Å². The molecule has 0 radical (unpaired) electrons. The molecule has 0 unspecified atom stereocenters. The molecule has 0 aliphatic heterocycles. The predicted octanol–water partition coefficient (Wildman–Crippen LogP) is -4.31. The Labute approximate surface area is 138 Å². The summed E-state index contributed by atoms with van der Waals surface area (Å²) < 4.78 is 102. The molecule has 0 spiro atoms. The molecule has 0 amide bonds. The predicted molar refractivity (Wildman–Crippen MR) is 40.4 cm³/mol. The van der Waals surface area contributed by atoms with E-state index in [1.165, 1.54) is 0 Å². The van der Waals surface area contributed by atoms with E-state index in [0.717, 1.165) is 0 Å². The van der Waals surface area contributed by atoms with E-state index < -0.39 is 31.2 Å². The zero-order valence-corrected chi connectivity index (χ0v) is 14.2. The van der Waals surface area contributed by atoms with Gasteiger partial charge in [-0.2, -0.15) is 0 Å². The second-order valence-electron chi connectivity index (χ2n) is 1.22. The maximum Gasteiger partial charge on any atom is 4.00 e. The van der Waals surface area contributed by atoms with Gasteiger partial charge in [0.2, 0.25) is 0 Å². The molecule has 0 rings (SSSR count). The van der Waals surface area contributed by atoms with Crippen LogP contribution in [0.25, 0.3) is 0 Å². The van der Waals surface area contributed by atoms with Crippen molar-refractivity contribution in [2.75, 3.05) is 0 Å². The standard InChI is InChI=1S/C.Ba.3H2O4S/c;;3*1-5(2,3)4/h;;3*(H2,1,2,3,4)/q+4;+2;;;/p-6. The van der Waals surface area contributed by atoms with E-state index in [4.69, 9.17) is 52.6 Å². The van der Waals surface area contributed by atoms with E-state index in [-0.39, 0.29) is 56.3 Å². The molecule has 0 aromatic rings. The van der Waals surface area contributed by atoms with Gasteiger partial charge < -0.3 is 27.3 Å². The molecule has 0 saturated heterocycles. The molecule has 0 fully saturated rings. The summed E-state index contributed by atoms with van der Waals surface area (Å²) >= 11 is 0. The topological polar surface area (TPSA) is 241 Å². The molecule has 0 atom stereocenters. The second kappa shape index (κ2) is 12.2. The van der Waals surface area contributed by atoms with Crippen LogP contribution in [-0.2, 0) is 31.2 Å². The van der Waals surface area contributed by atoms with Crippen molar-refractivity contribution in [2.45, 2.75) is 0 Å².